The predicted octanol–water partition coefficient (Wildman–Crippen LogP) is 1.78. The van der Waals surface area contributed by atoms with Crippen LogP contribution in [0.4, 0.5) is 0 Å². The summed E-state index contributed by atoms with van der Waals surface area (Å²) in [6.07, 6.45) is 1.58. The predicted molar refractivity (Wildman–Crippen MR) is 48.6 cm³/mol. The Morgan fingerprint density at radius 2 is 2.00 bits per heavy atom. The highest BCUT2D eigenvalue weighted by Crippen LogP contribution is 1.93. The van der Waals surface area contributed by atoms with Crippen LogP contribution in [0.15, 0.2) is 0 Å². The normalized spacial score (nSPS) is 9.45. The van der Waals surface area contributed by atoms with Crippen molar-refractivity contribution >= 4 is 15.9 Å². The first-order chi connectivity index (χ1) is 5.35. The fourth-order valence-corrected chi connectivity index (χ4v) is 0.805. The van der Waals surface area contributed by atoms with E-state index in [1.807, 2.05) is 0 Å². The van der Waals surface area contributed by atoms with Crippen molar-refractivity contribution in [1.29, 1.82) is 0 Å². The van der Waals surface area contributed by atoms with Crippen LogP contribution in [0.1, 0.15) is 12.8 Å². The molecule has 0 rings (SSSR count). The lowest BCUT2D eigenvalue weighted by molar-refractivity contribution is -0.0595. The van der Waals surface area contributed by atoms with E-state index >= 15 is 0 Å². The topological polar surface area (TPSA) is 18.5 Å². The molecule has 0 aromatic rings. The fraction of sp³-hybridized carbons (Fsp3) is 0.750. The van der Waals surface area contributed by atoms with Crippen molar-refractivity contribution in [3.8, 4) is 11.8 Å². The highest BCUT2D eigenvalue weighted by molar-refractivity contribution is 9.09. The molecule has 0 spiro atoms. The summed E-state index contributed by atoms with van der Waals surface area (Å²) < 4.78 is 9.74. The monoisotopic (exact) mass is 220 g/mol. The van der Waals surface area contributed by atoms with Gasteiger partial charge >= 0.3 is 0 Å². The van der Waals surface area contributed by atoms with Crippen LogP contribution < -0.4 is 0 Å². The Morgan fingerprint density at radius 3 is 2.45 bits per heavy atom. The number of hydrogen-bond donors (Lipinski definition) is 0. The van der Waals surface area contributed by atoms with Gasteiger partial charge in [-0.3, -0.25) is 0 Å². The molecule has 11 heavy (non-hydrogen) atoms. The fourth-order valence-electron chi connectivity index (χ4n) is 0.525. The van der Waals surface area contributed by atoms with Crippen molar-refractivity contribution in [2.75, 3.05) is 19.5 Å². The van der Waals surface area contributed by atoms with Gasteiger partial charge in [0.2, 0.25) is 6.29 Å². The van der Waals surface area contributed by atoms with E-state index in [2.05, 4.69) is 27.8 Å². The van der Waals surface area contributed by atoms with Gasteiger partial charge in [0.1, 0.15) is 0 Å². The van der Waals surface area contributed by atoms with Gasteiger partial charge in [-0.25, -0.2) is 0 Å². The zero-order valence-electron chi connectivity index (χ0n) is 6.89. The summed E-state index contributed by atoms with van der Waals surface area (Å²) in [5, 5.41) is 0.992. The van der Waals surface area contributed by atoms with Gasteiger partial charge in [-0.2, -0.15) is 0 Å². The van der Waals surface area contributed by atoms with Gasteiger partial charge in [0.05, 0.1) is 0 Å². The van der Waals surface area contributed by atoms with E-state index in [0.717, 1.165) is 18.2 Å². The average molecular weight is 221 g/mol. The van der Waals surface area contributed by atoms with Crippen LogP contribution in [0.3, 0.4) is 0 Å². The highest BCUT2D eigenvalue weighted by Gasteiger charge is 1.95. The summed E-state index contributed by atoms with van der Waals surface area (Å²) in [5.74, 6) is 5.80. The van der Waals surface area contributed by atoms with Gasteiger partial charge in [-0.1, -0.05) is 21.9 Å². The molecule has 0 radical (unpaired) electrons. The lowest BCUT2D eigenvalue weighted by Gasteiger charge is -2.03. The molecule has 0 amide bonds. The molecule has 0 aromatic carbocycles. The van der Waals surface area contributed by atoms with Crippen LogP contribution in [0.25, 0.3) is 0 Å². The molecule has 0 heterocycles. The molecule has 0 aliphatic rings. The van der Waals surface area contributed by atoms with Crippen LogP contribution in [0, 0.1) is 11.8 Å². The molecule has 0 aliphatic heterocycles. The smallest absolute Gasteiger partial charge is 0.221 e. The van der Waals surface area contributed by atoms with Crippen LogP contribution in [0.5, 0.6) is 0 Å². The Morgan fingerprint density at radius 1 is 1.36 bits per heavy atom. The first kappa shape index (κ1) is 11.0. The summed E-state index contributed by atoms with van der Waals surface area (Å²) >= 11 is 3.32. The minimum atomic E-state index is -0.370. The Balaban J connectivity index is 3.47. The van der Waals surface area contributed by atoms with Gasteiger partial charge < -0.3 is 9.47 Å². The Labute approximate surface area is 76.4 Å². The zero-order valence-corrected chi connectivity index (χ0v) is 8.48. The van der Waals surface area contributed by atoms with Crippen LogP contribution in [-0.4, -0.2) is 25.8 Å². The number of alkyl halides is 1. The number of methoxy groups -OCH3 is 2. The molecule has 3 heteroatoms. The highest BCUT2D eigenvalue weighted by atomic mass is 79.9. The van der Waals surface area contributed by atoms with Gasteiger partial charge in [0.25, 0.3) is 0 Å². The molecule has 0 N–H and O–H groups in total. The SMILES string of the molecule is COC(C#CCCCBr)OC. The molecule has 0 fully saturated rings. The molecule has 0 unspecified atom stereocenters. The summed E-state index contributed by atoms with van der Waals surface area (Å²) in [4.78, 5) is 0. The summed E-state index contributed by atoms with van der Waals surface area (Å²) in [5.41, 5.74) is 0. The second-order valence-electron chi connectivity index (χ2n) is 1.92. The van der Waals surface area contributed by atoms with E-state index < -0.39 is 0 Å². The lowest BCUT2D eigenvalue weighted by atomic mass is 10.3. The molecule has 0 saturated heterocycles. The lowest BCUT2D eigenvalue weighted by Crippen LogP contribution is -2.09. The van der Waals surface area contributed by atoms with Crippen molar-refractivity contribution in [2.45, 2.75) is 19.1 Å². The van der Waals surface area contributed by atoms with E-state index in [1.165, 1.54) is 0 Å². The van der Waals surface area contributed by atoms with Crippen molar-refractivity contribution in [2.24, 2.45) is 0 Å². The maximum Gasteiger partial charge on any atom is 0.221 e. The number of rotatable bonds is 4. The molecular formula is C8H13BrO2. The van der Waals surface area contributed by atoms with Crippen LogP contribution >= 0.6 is 15.9 Å². The molecular weight excluding hydrogens is 208 g/mol. The molecule has 0 saturated carbocycles. The zero-order chi connectivity index (χ0) is 8.53. The van der Waals surface area contributed by atoms with E-state index in [9.17, 15) is 0 Å². The van der Waals surface area contributed by atoms with E-state index in [1.54, 1.807) is 14.2 Å². The average Bonchev–Trinajstić information content (AvgIpc) is 2.05. The standard InChI is InChI=1S/C8H13BrO2/c1-10-8(11-2)6-4-3-5-7-9/h8H,3,5,7H2,1-2H3. The van der Waals surface area contributed by atoms with Crippen molar-refractivity contribution < 1.29 is 9.47 Å². The third-order valence-electron chi connectivity index (χ3n) is 1.08. The Bertz CT molecular complexity index is 133. The van der Waals surface area contributed by atoms with E-state index in [4.69, 9.17) is 9.47 Å². The minimum Gasteiger partial charge on any atom is -0.345 e. The van der Waals surface area contributed by atoms with Gasteiger partial charge in [-0.05, 0) is 12.3 Å². The van der Waals surface area contributed by atoms with Gasteiger partial charge in [0.15, 0.2) is 0 Å². The van der Waals surface area contributed by atoms with E-state index in [0.29, 0.717) is 0 Å². The molecule has 2 nitrogen and oxygen atoms in total. The van der Waals surface area contributed by atoms with Crippen LogP contribution in [-0.2, 0) is 9.47 Å². The molecule has 64 valence electrons. The number of ether oxygens (including phenoxy) is 2. The second-order valence-corrected chi connectivity index (χ2v) is 2.71. The summed E-state index contributed by atoms with van der Waals surface area (Å²) in [6.45, 7) is 0. The quantitative estimate of drug-likeness (QED) is 0.312. The minimum absolute atomic E-state index is 0.370. The van der Waals surface area contributed by atoms with Gasteiger partial charge in [0, 0.05) is 26.0 Å². The second kappa shape index (κ2) is 8.06. The van der Waals surface area contributed by atoms with Crippen LogP contribution in [0.2, 0.25) is 0 Å². The molecule has 0 aliphatic carbocycles. The first-order valence-corrected chi connectivity index (χ1v) is 4.57. The number of hydrogen-bond acceptors (Lipinski definition) is 2. The van der Waals surface area contributed by atoms with Crippen molar-refractivity contribution in [3.63, 3.8) is 0 Å². The van der Waals surface area contributed by atoms with Crippen molar-refractivity contribution in [3.05, 3.63) is 0 Å². The largest absolute Gasteiger partial charge is 0.345 e. The third kappa shape index (κ3) is 6.36. The third-order valence-corrected chi connectivity index (χ3v) is 1.64. The van der Waals surface area contributed by atoms with Crippen molar-refractivity contribution in [1.82, 2.24) is 0 Å². The van der Waals surface area contributed by atoms with E-state index in [-0.39, 0.29) is 6.29 Å². The first-order valence-electron chi connectivity index (χ1n) is 3.45. The number of halogens is 1. The molecule has 0 aromatic heterocycles. The molecule has 0 atom stereocenters. The Kier molecular flexibility index (Phi) is 8.03. The number of unbranched alkanes of at least 4 members (excludes halogenated alkanes) is 1. The molecule has 0 bridgehead atoms. The maximum absolute atomic E-state index is 4.87. The maximum atomic E-state index is 4.87. The summed E-state index contributed by atoms with van der Waals surface area (Å²) in [6, 6.07) is 0. The summed E-state index contributed by atoms with van der Waals surface area (Å²) in [7, 11) is 3.15. The Hall–Kier alpha value is -0.0400. The van der Waals surface area contributed by atoms with Gasteiger partial charge in [-0.15, -0.1) is 0 Å².